The van der Waals surface area contributed by atoms with Crippen LogP contribution in [-0.4, -0.2) is 30.1 Å². The average Bonchev–Trinajstić information content (AvgIpc) is 2.69. The van der Waals surface area contributed by atoms with Gasteiger partial charge >= 0.3 is 0 Å². The van der Waals surface area contributed by atoms with Crippen molar-refractivity contribution in [2.45, 2.75) is 33.4 Å². The van der Waals surface area contributed by atoms with Gasteiger partial charge in [-0.05, 0) is 43.5 Å². The van der Waals surface area contributed by atoms with Crippen LogP contribution in [0.25, 0.3) is 0 Å². The molecule has 1 amide bonds. The van der Waals surface area contributed by atoms with Crippen LogP contribution in [0, 0.1) is 0 Å². The summed E-state index contributed by atoms with van der Waals surface area (Å²) in [5.41, 5.74) is 2.29. The van der Waals surface area contributed by atoms with Crippen LogP contribution in [0.1, 0.15) is 37.9 Å². The summed E-state index contributed by atoms with van der Waals surface area (Å²) >= 11 is 1.69. The molecule has 0 radical (unpaired) electrons. The van der Waals surface area contributed by atoms with Crippen molar-refractivity contribution in [2.24, 2.45) is 0 Å². The number of benzene rings is 2. The summed E-state index contributed by atoms with van der Waals surface area (Å²) < 4.78 is 7.71. The molecule has 0 heterocycles. The van der Waals surface area contributed by atoms with Crippen LogP contribution in [0.3, 0.4) is 0 Å². The first-order chi connectivity index (χ1) is 12.6. The Morgan fingerprint density at radius 1 is 1.12 bits per heavy atom. The van der Waals surface area contributed by atoms with E-state index in [-0.39, 0.29) is 18.6 Å². The highest BCUT2D eigenvalue weighted by molar-refractivity contribution is 7.96. The highest BCUT2D eigenvalue weighted by atomic mass is 32.2. The van der Waals surface area contributed by atoms with Crippen molar-refractivity contribution >= 4 is 17.9 Å². The van der Waals surface area contributed by atoms with Crippen LogP contribution in [0.2, 0.25) is 0 Å². The topological polar surface area (TPSA) is 41.6 Å². The van der Waals surface area contributed by atoms with Crippen molar-refractivity contribution in [1.29, 1.82) is 0 Å². The van der Waals surface area contributed by atoms with Gasteiger partial charge in [0.15, 0.2) is 6.61 Å². The molecule has 0 aliphatic heterocycles. The molecule has 1 N–H and O–H groups in total. The molecule has 5 heteroatoms. The van der Waals surface area contributed by atoms with E-state index in [1.807, 2.05) is 88.7 Å². The van der Waals surface area contributed by atoms with Gasteiger partial charge in [0.2, 0.25) is 0 Å². The molecule has 0 aliphatic carbocycles. The Morgan fingerprint density at radius 3 is 2.31 bits per heavy atom. The van der Waals surface area contributed by atoms with E-state index in [1.165, 1.54) is 5.56 Å². The minimum Gasteiger partial charge on any atom is -0.484 e. The fraction of sp³-hybridized carbons (Fsp3) is 0.381. The van der Waals surface area contributed by atoms with Crippen molar-refractivity contribution in [3.8, 4) is 5.75 Å². The van der Waals surface area contributed by atoms with Crippen molar-refractivity contribution in [3.05, 3.63) is 65.7 Å². The molecule has 142 valence electrons. The largest absolute Gasteiger partial charge is 0.484 e. The maximum Gasteiger partial charge on any atom is 0.258 e. The van der Waals surface area contributed by atoms with Gasteiger partial charge in [-0.3, -0.25) is 4.79 Å². The van der Waals surface area contributed by atoms with Crippen LogP contribution in [0.15, 0.2) is 54.6 Å². The molecule has 2 aromatic carbocycles. The first-order valence-corrected chi connectivity index (χ1v) is 10.1. The standard InChI is InChI=1S/C19H24N2O2S.C2H6/c1-15(17-7-5-4-6-8-17)20-19(22)14-23-18-11-9-16(10-12-18)13-21(2)24-3;1-2/h4-12,15H,13-14H2,1-3H3,(H,20,22);1-2H3. The highest BCUT2D eigenvalue weighted by Crippen LogP contribution is 2.15. The number of rotatable bonds is 8. The van der Waals surface area contributed by atoms with Crippen molar-refractivity contribution in [2.75, 3.05) is 19.9 Å². The van der Waals surface area contributed by atoms with E-state index in [0.717, 1.165) is 12.1 Å². The van der Waals surface area contributed by atoms with Crippen LogP contribution in [-0.2, 0) is 11.3 Å². The van der Waals surface area contributed by atoms with E-state index in [1.54, 1.807) is 11.9 Å². The lowest BCUT2D eigenvalue weighted by Crippen LogP contribution is -2.31. The van der Waals surface area contributed by atoms with E-state index in [2.05, 4.69) is 9.62 Å². The van der Waals surface area contributed by atoms with Gasteiger partial charge in [-0.2, -0.15) is 0 Å². The Hall–Kier alpha value is -1.98. The SMILES string of the molecule is CC.CSN(C)Cc1ccc(OCC(=O)NC(C)c2ccccc2)cc1. The summed E-state index contributed by atoms with van der Waals surface area (Å²) in [4.78, 5) is 12.0. The van der Waals surface area contributed by atoms with Crippen LogP contribution < -0.4 is 10.1 Å². The zero-order chi connectivity index (χ0) is 19.4. The average molecular weight is 375 g/mol. The summed E-state index contributed by atoms with van der Waals surface area (Å²) in [6.07, 6.45) is 2.05. The minimum atomic E-state index is -0.127. The number of nitrogens with one attached hydrogen (secondary N) is 1. The Bertz CT molecular complexity index is 632. The third kappa shape index (κ3) is 7.93. The lowest BCUT2D eigenvalue weighted by molar-refractivity contribution is -0.123. The second-order valence-corrected chi connectivity index (χ2v) is 6.59. The van der Waals surface area contributed by atoms with Gasteiger partial charge in [-0.15, -0.1) is 0 Å². The number of carbonyl (C=O) groups excluding carboxylic acids is 1. The molecule has 0 bridgehead atoms. The molecule has 0 spiro atoms. The molecule has 0 aliphatic rings. The van der Waals surface area contributed by atoms with Gasteiger partial charge in [-0.25, -0.2) is 4.31 Å². The van der Waals surface area contributed by atoms with Gasteiger partial charge in [0.05, 0.1) is 6.04 Å². The molecule has 2 aromatic rings. The Kier molecular flexibility index (Phi) is 10.5. The van der Waals surface area contributed by atoms with Crippen molar-refractivity contribution in [1.82, 2.24) is 9.62 Å². The third-order valence-corrected chi connectivity index (χ3v) is 4.44. The number of carbonyl (C=O) groups is 1. The maximum absolute atomic E-state index is 12.0. The molecule has 0 saturated carbocycles. The molecule has 1 unspecified atom stereocenters. The monoisotopic (exact) mass is 374 g/mol. The Morgan fingerprint density at radius 2 is 1.73 bits per heavy atom. The quantitative estimate of drug-likeness (QED) is 0.681. The van der Waals surface area contributed by atoms with E-state index in [9.17, 15) is 4.79 Å². The Balaban J connectivity index is 0.00000163. The van der Waals surface area contributed by atoms with Gasteiger partial charge in [0.1, 0.15) is 5.75 Å². The third-order valence-electron chi connectivity index (χ3n) is 3.69. The predicted molar refractivity (Wildman–Crippen MR) is 111 cm³/mol. The van der Waals surface area contributed by atoms with E-state index < -0.39 is 0 Å². The first-order valence-electron chi connectivity index (χ1n) is 8.90. The fourth-order valence-corrected chi connectivity index (χ4v) is 2.55. The fourth-order valence-electron chi connectivity index (χ4n) is 2.27. The number of amides is 1. The van der Waals surface area contributed by atoms with E-state index >= 15 is 0 Å². The normalized spacial score (nSPS) is 11.3. The molecule has 0 fully saturated rings. The number of nitrogens with zero attached hydrogens (tertiary/aromatic N) is 1. The zero-order valence-electron chi connectivity index (χ0n) is 16.4. The van der Waals surface area contributed by atoms with E-state index in [4.69, 9.17) is 4.74 Å². The summed E-state index contributed by atoms with van der Waals surface area (Å²) in [5, 5.41) is 2.94. The summed E-state index contributed by atoms with van der Waals surface area (Å²) in [7, 11) is 2.05. The molecular formula is C21H30N2O2S. The number of hydrogen-bond donors (Lipinski definition) is 1. The molecular weight excluding hydrogens is 344 g/mol. The number of ether oxygens (including phenoxy) is 1. The van der Waals surface area contributed by atoms with Gasteiger partial charge in [0.25, 0.3) is 5.91 Å². The molecule has 2 rings (SSSR count). The molecule has 0 aromatic heterocycles. The number of hydrogen-bond acceptors (Lipinski definition) is 4. The molecule has 1 atom stereocenters. The smallest absolute Gasteiger partial charge is 0.258 e. The maximum atomic E-state index is 12.0. The van der Waals surface area contributed by atoms with Crippen LogP contribution in [0.5, 0.6) is 5.75 Å². The van der Waals surface area contributed by atoms with E-state index in [0.29, 0.717) is 5.75 Å². The lowest BCUT2D eigenvalue weighted by atomic mass is 10.1. The Labute approximate surface area is 162 Å². The van der Waals surface area contributed by atoms with Crippen molar-refractivity contribution < 1.29 is 9.53 Å². The first kappa shape index (κ1) is 22.1. The highest BCUT2D eigenvalue weighted by Gasteiger charge is 2.09. The summed E-state index contributed by atoms with van der Waals surface area (Å²) in [6.45, 7) is 6.85. The molecule has 4 nitrogen and oxygen atoms in total. The van der Waals surface area contributed by atoms with Gasteiger partial charge in [0, 0.05) is 6.54 Å². The van der Waals surface area contributed by atoms with Gasteiger partial charge < -0.3 is 10.1 Å². The second-order valence-electron chi connectivity index (χ2n) is 5.60. The van der Waals surface area contributed by atoms with Gasteiger partial charge in [-0.1, -0.05) is 68.3 Å². The van der Waals surface area contributed by atoms with Crippen LogP contribution in [0.4, 0.5) is 0 Å². The molecule has 26 heavy (non-hydrogen) atoms. The lowest BCUT2D eigenvalue weighted by Gasteiger charge is -2.15. The second kappa shape index (κ2) is 12.4. The van der Waals surface area contributed by atoms with Crippen molar-refractivity contribution in [3.63, 3.8) is 0 Å². The predicted octanol–water partition coefficient (Wildman–Crippen LogP) is 4.68. The minimum absolute atomic E-state index is 0.0151. The molecule has 0 saturated heterocycles. The summed E-state index contributed by atoms with van der Waals surface area (Å²) in [6, 6.07) is 17.7. The zero-order valence-corrected chi connectivity index (χ0v) is 17.2. The summed E-state index contributed by atoms with van der Waals surface area (Å²) in [5.74, 6) is 0.575. The van der Waals surface area contributed by atoms with Crippen LogP contribution >= 0.6 is 11.9 Å².